The van der Waals surface area contributed by atoms with Crippen molar-refractivity contribution >= 4 is 28.2 Å². The zero-order valence-corrected chi connectivity index (χ0v) is 13.6. The number of hydrogen-bond donors (Lipinski definition) is 2. The van der Waals surface area contributed by atoms with E-state index in [1.165, 1.54) is 31.6 Å². The van der Waals surface area contributed by atoms with Gasteiger partial charge in [-0.15, -0.1) is 0 Å². The third kappa shape index (κ3) is 2.74. The van der Waals surface area contributed by atoms with Gasteiger partial charge in [0.05, 0.1) is 5.39 Å². The van der Waals surface area contributed by atoms with E-state index in [-0.39, 0.29) is 0 Å². The molecule has 0 aliphatic carbocycles. The van der Waals surface area contributed by atoms with Gasteiger partial charge in [-0.2, -0.15) is 0 Å². The summed E-state index contributed by atoms with van der Waals surface area (Å²) in [4.78, 5) is 14.7. The van der Waals surface area contributed by atoms with E-state index in [1.54, 1.807) is 0 Å². The van der Waals surface area contributed by atoms with Gasteiger partial charge >= 0.3 is 0 Å². The number of nitrogens with zero attached hydrogens (tertiary/aromatic N) is 3. The second-order valence-corrected chi connectivity index (χ2v) is 6.20. The molecule has 1 fully saturated rings. The van der Waals surface area contributed by atoms with E-state index in [1.807, 2.05) is 13.8 Å². The van der Waals surface area contributed by atoms with Gasteiger partial charge < -0.3 is 15.2 Å². The molecule has 2 aromatic heterocycles. The van der Waals surface area contributed by atoms with Gasteiger partial charge in [-0.1, -0.05) is 0 Å². The normalized spacial score (nSPS) is 14.6. The first-order valence-electron chi connectivity index (χ1n) is 8.15. The van der Waals surface area contributed by atoms with Crippen LogP contribution in [0.3, 0.4) is 0 Å². The van der Waals surface area contributed by atoms with Crippen LogP contribution in [0.25, 0.3) is 11.0 Å². The monoisotopic (exact) mass is 307 g/mol. The van der Waals surface area contributed by atoms with Crippen LogP contribution in [0.1, 0.15) is 24.4 Å². The minimum absolute atomic E-state index is 0.760. The number of aryl methyl sites for hydroxylation is 2. The standard InChI is InChI=1S/C18H21N5/c1-12-11-16-17(19-12)20-13(2)21-18(16)22-14-5-7-15(8-6-14)23-9-3-4-10-23/h5-8,11H,3-4,9-10H2,1-2H3,(H2,19,20,21,22). The van der Waals surface area contributed by atoms with Crippen molar-refractivity contribution in [2.45, 2.75) is 26.7 Å². The van der Waals surface area contributed by atoms with E-state index >= 15 is 0 Å². The molecule has 1 aliphatic rings. The molecule has 0 radical (unpaired) electrons. The van der Waals surface area contributed by atoms with Crippen molar-refractivity contribution in [3.63, 3.8) is 0 Å². The van der Waals surface area contributed by atoms with Gasteiger partial charge in [0, 0.05) is 30.2 Å². The first kappa shape index (κ1) is 14.1. The van der Waals surface area contributed by atoms with Crippen LogP contribution in [0.2, 0.25) is 0 Å². The number of nitrogens with one attached hydrogen (secondary N) is 2. The number of aromatic amines is 1. The lowest BCUT2D eigenvalue weighted by Crippen LogP contribution is -2.17. The minimum atomic E-state index is 0.760. The summed E-state index contributed by atoms with van der Waals surface area (Å²) in [6, 6.07) is 10.7. The molecule has 1 saturated heterocycles. The number of aromatic nitrogens is 3. The van der Waals surface area contributed by atoms with E-state index in [9.17, 15) is 0 Å². The van der Waals surface area contributed by atoms with Crippen molar-refractivity contribution in [1.29, 1.82) is 0 Å². The lowest BCUT2D eigenvalue weighted by molar-refractivity contribution is 0.949. The Labute approximate surface area is 135 Å². The molecule has 3 heterocycles. The highest BCUT2D eigenvalue weighted by Gasteiger charge is 2.12. The lowest BCUT2D eigenvalue weighted by Gasteiger charge is -2.18. The molecule has 0 atom stereocenters. The summed E-state index contributed by atoms with van der Waals surface area (Å²) in [5.41, 5.74) is 4.32. The Morgan fingerprint density at radius 3 is 2.52 bits per heavy atom. The van der Waals surface area contributed by atoms with E-state index in [0.29, 0.717) is 0 Å². The third-order valence-corrected chi connectivity index (χ3v) is 4.34. The summed E-state index contributed by atoms with van der Waals surface area (Å²) in [5.74, 6) is 1.61. The summed E-state index contributed by atoms with van der Waals surface area (Å²) in [5, 5.41) is 4.45. The molecule has 0 spiro atoms. The zero-order chi connectivity index (χ0) is 15.8. The Hall–Kier alpha value is -2.56. The number of anilines is 3. The number of hydrogen-bond acceptors (Lipinski definition) is 4. The number of fused-ring (bicyclic) bond motifs is 1. The highest BCUT2D eigenvalue weighted by molar-refractivity contribution is 5.89. The Balaban J connectivity index is 1.62. The number of rotatable bonds is 3. The Morgan fingerprint density at radius 1 is 1.04 bits per heavy atom. The predicted octanol–water partition coefficient (Wildman–Crippen LogP) is 3.92. The molecule has 5 heteroatoms. The molecule has 0 amide bonds. The van der Waals surface area contributed by atoms with Gasteiger partial charge in [0.25, 0.3) is 0 Å². The maximum absolute atomic E-state index is 4.56. The maximum Gasteiger partial charge on any atom is 0.143 e. The van der Waals surface area contributed by atoms with Crippen molar-refractivity contribution in [3.05, 3.63) is 41.9 Å². The average molecular weight is 307 g/mol. The van der Waals surface area contributed by atoms with Crippen LogP contribution in [-0.2, 0) is 0 Å². The second-order valence-electron chi connectivity index (χ2n) is 6.20. The smallest absolute Gasteiger partial charge is 0.143 e. The Morgan fingerprint density at radius 2 is 1.78 bits per heavy atom. The molecule has 4 rings (SSSR count). The number of benzene rings is 1. The van der Waals surface area contributed by atoms with E-state index in [0.717, 1.165) is 34.1 Å². The van der Waals surface area contributed by atoms with E-state index < -0.39 is 0 Å². The summed E-state index contributed by atoms with van der Waals surface area (Å²) in [6.07, 6.45) is 2.59. The van der Waals surface area contributed by atoms with Crippen LogP contribution in [0, 0.1) is 13.8 Å². The molecule has 1 aliphatic heterocycles. The van der Waals surface area contributed by atoms with Crippen molar-refractivity contribution in [2.24, 2.45) is 0 Å². The van der Waals surface area contributed by atoms with E-state index in [2.05, 4.69) is 55.5 Å². The molecule has 3 aromatic rings. The maximum atomic E-state index is 4.56. The quantitative estimate of drug-likeness (QED) is 0.770. The van der Waals surface area contributed by atoms with Crippen molar-refractivity contribution < 1.29 is 0 Å². The highest BCUT2D eigenvalue weighted by atomic mass is 15.1. The molecule has 0 saturated carbocycles. The van der Waals surface area contributed by atoms with Crippen LogP contribution in [-0.4, -0.2) is 28.0 Å². The van der Waals surface area contributed by atoms with Gasteiger partial charge in [0.1, 0.15) is 17.3 Å². The summed E-state index contributed by atoms with van der Waals surface area (Å²) in [6.45, 7) is 6.28. The van der Waals surface area contributed by atoms with Gasteiger partial charge in [0.15, 0.2) is 0 Å². The molecule has 1 aromatic carbocycles. The van der Waals surface area contributed by atoms with Crippen molar-refractivity contribution in [2.75, 3.05) is 23.3 Å². The summed E-state index contributed by atoms with van der Waals surface area (Å²) < 4.78 is 0. The Bertz CT molecular complexity index is 828. The van der Waals surface area contributed by atoms with Crippen LogP contribution in [0.15, 0.2) is 30.3 Å². The molecule has 23 heavy (non-hydrogen) atoms. The minimum Gasteiger partial charge on any atom is -0.372 e. The van der Waals surface area contributed by atoms with Crippen LogP contribution >= 0.6 is 0 Å². The van der Waals surface area contributed by atoms with Crippen LogP contribution < -0.4 is 10.2 Å². The molecule has 118 valence electrons. The van der Waals surface area contributed by atoms with Crippen molar-refractivity contribution in [3.8, 4) is 0 Å². The fraction of sp³-hybridized carbons (Fsp3) is 0.333. The van der Waals surface area contributed by atoms with Gasteiger partial charge in [0.2, 0.25) is 0 Å². The third-order valence-electron chi connectivity index (χ3n) is 4.34. The molecule has 5 nitrogen and oxygen atoms in total. The second kappa shape index (κ2) is 5.57. The summed E-state index contributed by atoms with van der Waals surface area (Å²) >= 11 is 0. The first-order valence-corrected chi connectivity index (χ1v) is 8.15. The average Bonchev–Trinajstić information content (AvgIpc) is 3.17. The van der Waals surface area contributed by atoms with E-state index in [4.69, 9.17) is 0 Å². The fourth-order valence-electron chi connectivity index (χ4n) is 3.22. The highest BCUT2D eigenvalue weighted by Crippen LogP contribution is 2.27. The Kier molecular flexibility index (Phi) is 3.41. The molecule has 2 N–H and O–H groups in total. The fourth-order valence-corrected chi connectivity index (χ4v) is 3.22. The van der Waals surface area contributed by atoms with Gasteiger partial charge in [-0.3, -0.25) is 0 Å². The largest absolute Gasteiger partial charge is 0.372 e. The zero-order valence-electron chi connectivity index (χ0n) is 13.6. The molecule has 0 bridgehead atoms. The SMILES string of the molecule is Cc1nc(Nc2ccc(N3CCCC3)cc2)c2cc(C)[nH]c2n1. The predicted molar refractivity (Wildman–Crippen MR) is 94.5 cm³/mol. The number of H-pyrrole nitrogens is 1. The molecular formula is C18H21N5. The summed E-state index contributed by atoms with van der Waals surface area (Å²) in [7, 11) is 0. The van der Waals surface area contributed by atoms with Crippen LogP contribution in [0.4, 0.5) is 17.2 Å². The molecule has 0 unspecified atom stereocenters. The van der Waals surface area contributed by atoms with Gasteiger partial charge in [-0.05, 0) is 57.0 Å². The lowest BCUT2D eigenvalue weighted by atomic mass is 10.2. The van der Waals surface area contributed by atoms with Crippen LogP contribution in [0.5, 0.6) is 0 Å². The van der Waals surface area contributed by atoms with Gasteiger partial charge in [-0.25, -0.2) is 9.97 Å². The molecular weight excluding hydrogens is 286 g/mol. The van der Waals surface area contributed by atoms with Crippen molar-refractivity contribution in [1.82, 2.24) is 15.0 Å². The topological polar surface area (TPSA) is 56.8 Å². The first-order chi connectivity index (χ1) is 11.2.